The van der Waals surface area contributed by atoms with Crippen molar-refractivity contribution in [2.45, 2.75) is 19.9 Å². The van der Waals surface area contributed by atoms with Crippen molar-refractivity contribution in [2.24, 2.45) is 0 Å². The van der Waals surface area contributed by atoms with Gasteiger partial charge in [-0.3, -0.25) is 10.1 Å². The fourth-order valence-electron chi connectivity index (χ4n) is 2.64. The Bertz CT molecular complexity index is 879. The second-order valence-electron chi connectivity index (χ2n) is 5.95. The average molecular weight is 358 g/mol. The number of nitrogens with zero attached hydrogens (tertiary/aromatic N) is 2. The Kier molecular flexibility index (Phi) is 5.89. The summed E-state index contributed by atoms with van der Waals surface area (Å²) in [4.78, 5) is 15.2. The zero-order valence-electron chi connectivity index (χ0n) is 15.3. The molecule has 8 nitrogen and oxygen atoms in total. The molecule has 1 heterocycles. The third-order valence-electron chi connectivity index (χ3n) is 3.95. The van der Waals surface area contributed by atoms with E-state index in [9.17, 15) is 10.1 Å². The maximum atomic E-state index is 11.4. The first-order chi connectivity index (χ1) is 12.3. The molecule has 8 heteroatoms. The number of nitrogens with one attached hydrogen (secondary N) is 2. The lowest BCUT2D eigenvalue weighted by Gasteiger charge is -2.17. The first-order valence-corrected chi connectivity index (χ1v) is 7.95. The van der Waals surface area contributed by atoms with Crippen LogP contribution in [0.3, 0.4) is 0 Å². The molecule has 0 radical (unpaired) electrons. The Hall–Kier alpha value is -3.00. The Morgan fingerprint density at radius 1 is 1.46 bits per heavy atom. The van der Waals surface area contributed by atoms with E-state index in [1.54, 1.807) is 26.2 Å². The highest BCUT2D eigenvalue weighted by atomic mass is 16.6. The number of rotatable bonds is 8. The third-order valence-corrected chi connectivity index (χ3v) is 3.95. The van der Waals surface area contributed by atoms with Gasteiger partial charge in [0.15, 0.2) is 0 Å². The Balaban J connectivity index is 2.73. The number of hydrogen-bond donors (Lipinski definition) is 2. The summed E-state index contributed by atoms with van der Waals surface area (Å²) in [6.45, 7) is 7.80. The number of benzene rings is 1. The van der Waals surface area contributed by atoms with Gasteiger partial charge in [-0.05, 0) is 31.6 Å². The molecule has 0 saturated heterocycles. The molecule has 2 aromatic rings. The summed E-state index contributed by atoms with van der Waals surface area (Å²) in [6, 6.07) is 3.26. The molecular weight excluding hydrogens is 336 g/mol. The molecule has 1 aromatic heterocycles. The molecule has 0 saturated carbocycles. The summed E-state index contributed by atoms with van der Waals surface area (Å²) in [5.74, 6) is 0.471. The number of aromatic nitrogens is 1. The lowest BCUT2D eigenvalue weighted by molar-refractivity contribution is -0.384. The van der Waals surface area contributed by atoms with Crippen LogP contribution in [0.4, 0.5) is 11.4 Å². The first kappa shape index (κ1) is 19.3. The molecule has 0 bridgehead atoms. The SMILES string of the molecule is C=C(C(C)=N)c1cc2ncc([N+](=O)[O-])c(N[C@H](C)COC)c2cc1OC. The topological polar surface area (TPSA) is 110 Å². The summed E-state index contributed by atoms with van der Waals surface area (Å²) in [6.07, 6.45) is 1.22. The maximum absolute atomic E-state index is 11.4. The number of anilines is 1. The lowest BCUT2D eigenvalue weighted by Crippen LogP contribution is -2.21. The van der Waals surface area contributed by atoms with Crippen molar-refractivity contribution in [2.75, 3.05) is 26.1 Å². The molecule has 0 aliphatic heterocycles. The normalized spacial score (nSPS) is 11.8. The molecule has 0 spiro atoms. The predicted octanol–water partition coefficient (Wildman–Crippen LogP) is 3.65. The number of nitro groups is 1. The molecule has 1 atom stereocenters. The molecular formula is C18H22N4O4. The number of methoxy groups -OCH3 is 2. The van der Waals surface area contributed by atoms with Gasteiger partial charge in [0.1, 0.15) is 17.6 Å². The van der Waals surface area contributed by atoms with Crippen molar-refractivity contribution < 1.29 is 14.4 Å². The Labute approximate surface area is 151 Å². The highest BCUT2D eigenvalue weighted by molar-refractivity contribution is 6.21. The summed E-state index contributed by atoms with van der Waals surface area (Å²) >= 11 is 0. The average Bonchev–Trinajstić information content (AvgIpc) is 2.59. The van der Waals surface area contributed by atoms with E-state index in [-0.39, 0.29) is 11.7 Å². The molecule has 138 valence electrons. The standard InChI is InChI=1S/C18H22N4O4/c1-10(9-25-4)21-18-14-7-17(26-5)13(11(2)12(3)19)6-15(14)20-8-16(18)22(23)24/h6-8,10,19H,2,9H2,1,3-5H3,(H,20,21)/t10-/m1/s1. The number of ether oxygens (including phenoxy) is 2. The van der Waals surface area contributed by atoms with Gasteiger partial charge in [-0.15, -0.1) is 0 Å². The Morgan fingerprint density at radius 2 is 2.15 bits per heavy atom. The minimum Gasteiger partial charge on any atom is -0.496 e. The van der Waals surface area contributed by atoms with Gasteiger partial charge in [0, 0.05) is 29.8 Å². The molecule has 0 aliphatic rings. The summed E-state index contributed by atoms with van der Waals surface area (Å²) in [5, 5.41) is 22.9. The number of pyridine rings is 1. The van der Waals surface area contributed by atoms with Crippen LogP contribution in [0.2, 0.25) is 0 Å². The van der Waals surface area contributed by atoms with Gasteiger partial charge in [-0.25, -0.2) is 4.98 Å². The third kappa shape index (κ3) is 3.80. The largest absolute Gasteiger partial charge is 0.496 e. The van der Waals surface area contributed by atoms with Gasteiger partial charge in [-0.2, -0.15) is 0 Å². The number of fused-ring (bicyclic) bond motifs is 1. The summed E-state index contributed by atoms with van der Waals surface area (Å²) < 4.78 is 10.5. The molecule has 2 N–H and O–H groups in total. The zero-order chi connectivity index (χ0) is 19.4. The van der Waals surface area contributed by atoms with Crippen molar-refractivity contribution in [1.82, 2.24) is 4.98 Å². The van der Waals surface area contributed by atoms with E-state index < -0.39 is 4.92 Å². The summed E-state index contributed by atoms with van der Waals surface area (Å²) in [7, 11) is 3.07. The van der Waals surface area contributed by atoms with E-state index >= 15 is 0 Å². The van der Waals surface area contributed by atoms with Gasteiger partial charge in [-0.1, -0.05) is 6.58 Å². The molecule has 0 amide bonds. The van der Waals surface area contributed by atoms with Gasteiger partial charge >= 0.3 is 5.69 Å². The van der Waals surface area contributed by atoms with Crippen LogP contribution in [0, 0.1) is 15.5 Å². The molecule has 0 aliphatic carbocycles. The van der Waals surface area contributed by atoms with Crippen LogP contribution >= 0.6 is 0 Å². The van der Waals surface area contributed by atoms with Crippen LogP contribution in [0.25, 0.3) is 16.5 Å². The van der Waals surface area contributed by atoms with Crippen molar-refractivity contribution in [3.8, 4) is 5.75 Å². The van der Waals surface area contributed by atoms with Crippen LogP contribution in [0.1, 0.15) is 19.4 Å². The van der Waals surface area contributed by atoms with Gasteiger partial charge in [0.25, 0.3) is 0 Å². The fourth-order valence-corrected chi connectivity index (χ4v) is 2.64. The van der Waals surface area contributed by atoms with Crippen LogP contribution in [-0.2, 0) is 4.74 Å². The van der Waals surface area contributed by atoms with Gasteiger partial charge in [0.05, 0.1) is 24.2 Å². The summed E-state index contributed by atoms with van der Waals surface area (Å²) in [5.41, 5.74) is 2.21. The van der Waals surface area contributed by atoms with Crippen LogP contribution in [-0.4, -0.2) is 42.5 Å². The van der Waals surface area contributed by atoms with Crippen LogP contribution in [0.5, 0.6) is 5.75 Å². The minimum absolute atomic E-state index is 0.127. The lowest BCUT2D eigenvalue weighted by atomic mass is 9.99. The highest BCUT2D eigenvalue weighted by Crippen LogP contribution is 2.37. The minimum atomic E-state index is -0.477. The fraction of sp³-hybridized carbons (Fsp3) is 0.333. The van der Waals surface area contributed by atoms with Crippen molar-refractivity contribution >= 4 is 33.6 Å². The predicted molar refractivity (Wildman–Crippen MR) is 102 cm³/mol. The second kappa shape index (κ2) is 7.92. The zero-order valence-corrected chi connectivity index (χ0v) is 15.3. The first-order valence-electron chi connectivity index (χ1n) is 7.95. The molecule has 1 aromatic carbocycles. The van der Waals surface area contributed by atoms with E-state index in [1.807, 2.05) is 6.92 Å². The van der Waals surface area contributed by atoms with Gasteiger partial charge in [0.2, 0.25) is 0 Å². The molecule has 26 heavy (non-hydrogen) atoms. The highest BCUT2D eigenvalue weighted by Gasteiger charge is 2.22. The van der Waals surface area contributed by atoms with Crippen LogP contribution in [0.15, 0.2) is 24.9 Å². The smallest absolute Gasteiger partial charge is 0.311 e. The van der Waals surface area contributed by atoms with E-state index in [4.69, 9.17) is 14.9 Å². The second-order valence-corrected chi connectivity index (χ2v) is 5.95. The maximum Gasteiger partial charge on any atom is 0.311 e. The van der Waals surface area contributed by atoms with Crippen molar-refractivity contribution in [1.29, 1.82) is 5.41 Å². The monoisotopic (exact) mass is 358 g/mol. The van der Waals surface area contributed by atoms with E-state index in [0.717, 1.165) is 0 Å². The van der Waals surface area contributed by atoms with E-state index in [1.165, 1.54) is 13.3 Å². The van der Waals surface area contributed by atoms with Crippen molar-refractivity contribution in [3.63, 3.8) is 0 Å². The molecule has 2 rings (SSSR count). The number of hydrogen-bond acceptors (Lipinski definition) is 7. The Morgan fingerprint density at radius 3 is 2.69 bits per heavy atom. The number of allylic oxidation sites excluding steroid dienone is 1. The van der Waals surface area contributed by atoms with Gasteiger partial charge < -0.3 is 20.2 Å². The van der Waals surface area contributed by atoms with Crippen molar-refractivity contribution in [3.05, 3.63) is 40.6 Å². The van der Waals surface area contributed by atoms with E-state index in [2.05, 4.69) is 16.9 Å². The molecule has 0 unspecified atom stereocenters. The molecule has 0 fully saturated rings. The van der Waals surface area contributed by atoms with E-state index in [0.29, 0.717) is 45.8 Å². The van der Waals surface area contributed by atoms with Crippen LogP contribution < -0.4 is 10.1 Å². The quantitative estimate of drug-likeness (QED) is 0.423.